The largest absolute Gasteiger partial charge is 0.444 e. The van der Waals surface area contributed by atoms with Crippen LogP contribution in [0.25, 0.3) is 0 Å². The number of halogens is 1. The van der Waals surface area contributed by atoms with Gasteiger partial charge in [-0.25, -0.2) is 9.78 Å². The van der Waals surface area contributed by atoms with Crippen molar-refractivity contribution in [3.63, 3.8) is 0 Å². The van der Waals surface area contributed by atoms with E-state index in [0.717, 1.165) is 0 Å². The molecule has 6 heteroatoms. The molecule has 1 aromatic rings. The van der Waals surface area contributed by atoms with Gasteiger partial charge in [-0.05, 0) is 20.8 Å². The summed E-state index contributed by atoms with van der Waals surface area (Å²) in [7, 11) is 0. The first-order valence-corrected chi connectivity index (χ1v) is 5.23. The van der Waals surface area contributed by atoms with Crippen LogP contribution in [0.4, 0.5) is 9.93 Å². The summed E-state index contributed by atoms with van der Waals surface area (Å²) in [6.45, 7) is 5.38. The predicted molar refractivity (Wildman–Crippen MR) is 57.0 cm³/mol. The summed E-state index contributed by atoms with van der Waals surface area (Å²) in [5.74, 6) is 0. The van der Waals surface area contributed by atoms with Gasteiger partial charge in [0.1, 0.15) is 10.8 Å². The van der Waals surface area contributed by atoms with E-state index in [1.54, 1.807) is 26.2 Å². The van der Waals surface area contributed by atoms with Crippen molar-refractivity contribution < 1.29 is 9.53 Å². The van der Waals surface area contributed by atoms with Crippen LogP contribution in [0.3, 0.4) is 0 Å². The number of carbonyl (C=O) groups excluding carboxylic acids is 1. The molecule has 78 valence electrons. The highest BCUT2D eigenvalue weighted by molar-refractivity contribution is 7.14. The fourth-order valence-electron chi connectivity index (χ4n) is 0.702. The van der Waals surface area contributed by atoms with E-state index >= 15 is 0 Å². The van der Waals surface area contributed by atoms with Crippen molar-refractivity contribution in [3.8, 4) is 0 Å². The molecule has 1 rings (SSSR count). The van der Waals surface area contributed by atoms with Gasteiger partial charge in [0.05, 0.1) is 0 Å². The average Bonchev–Trinajstić information content (AvgIpc) is 2.30. The third kappa shape index (κ3) is 3.93. The van der Waals surface area contributed by atoms with Gasteiger partial charge >= 0.3 is 6.09 Å². The molecule has 4 nitrogen and oxygen atoms in total. The topological polar surface area (TPSA) is 51.2 Å². The van der Waals surface area contributed by atoms with Gasteiger partial charge in [-0.3, -0.25) is 5.32 Å². The number of rotatable bonds is 1. The first-order valence-electron chi connectivity index (χ1n) is 3.98. The minimum atomic E-state index is -0.525. The molecule has 0 saturated carbocycles. The number of carbonyl (C=O) groups is 1. The highest BCUT2D eigenvalue weighted by atomic mass is 35.5. The van der Waals surface area contributed by atoms with Crippen molar-refractivity contribution in [1.82, 2.24) is 4.98 Å². The second kappa shape index (κ2) is 4.14. The first kappa shape index (κ1) is 11.3. The average molecular weight is 235 g/mol. The summed E-state index contributed by atoms with van der Waals surface area (Å²) in [4.78, 5) is 15.1. The van der Waals surface area contributed by atoms with E-state index in [1.807, 2.05) is 0 Å². The van der Waals surface area contributed by atoms with Crippen LogP contribution < -0.4 is 5.32 Å². The Morgan fingerprint density at radius 1 is 1.64 bits per heavy atom. The summed E-state index contributed by atoms with van der Waals surface area (Å²) in [6, 6.07) is 0. The summed E-state index contributed by atoms with van der Waals surface area (Å²) in [5.41, 5.74) is -0.509. The molecule has 14 heavy (non-hydrogen) atoms. The Morgan fingerprint density at radius 3 is 2.71 bits per heavy atom. The van der Waals surface area contributed by atoms with Gasteiger partial charge in [0.15, 0.2) is 5.13 Å². The normalized spacial score (nSPS) is 11.1. The maximum atomic E-state index is 11.2. The zero-order valence-corrected chi connectivity index (χ0v) is 9.70. The molecule has 0 spiro atoms. The summed E-state index contributed by atoms with van der Waals surface area (Å²) in [6.07, 6.45) is -0.525. The monoisotopic (exact) mass is 234 g/mol. The molecule has 0 aliphatic carbocycles. The van der Waals surface area contributed by atoms with Crippen LogP contribution in [-0.2, 0) is 4.74 Å². The van der Waals surface area contributed by atoms with E-state index in [4.69, 9.17) is 16.3 Å². The molecule has 1 amide bonds. The third-order valence-electron chi connectivity index (χ3n) is 1.08. The van der Waals surface area contributed by atoms with Gasteiger partial charge in [-0.2, -0.15) is 0 Å². The van der Waals surface area contributed by atoms with Crippen LogP contribution in [0, 0.1) is 0 Å². The quantitative estimate of drug-likeness (QED) is 0.812. The van der Waals surface area contributed by atoms with E-state index in [1.165, 1.54) is 11.3 Å². The third-order valence-corrected chi connectivity index (χ3v) is 2.16. The van der Waals surface area contributed by atoms with Gasteiger partial charge in [0, 0.05) is 5.38 Å². The molecule has 1 aromatic heterocycles. The zero-order chi connectivity index (χ0) is 10.8. The molecule has 0 saturated heterocycles. The molecular weight excluding hydrogens is 224 g/mol. The Morgan fingerprint density at radius 2 is 2.29 bits per heavy atom. The van der Waals surface area contributed by atoms with Crippen LogP contribution >= 0.6 is 22.9 Å². The van der Waals surface area contributed by atoms with Gasteiger partial charge in [-0.15, -0.1) is 11.3 Å². The zero-order valence-electron chi connectivity index (χ0n) is 8.13. The Kier molecular flexibility index (Phi) is 3.34. The number of hydrogen-bond acceptors (Lipinski definition) is 4. The Hall–Kier alpha value is -0.810. The number of amides is 1. The molecule has 1 heterocycles. The lowest BCUT2D eigenvalue weighted by atomic mass is 10.2. The molecule has 0 fully saturated rings. The predicted octanol–water partition coefficient (Wildman–Crippen LogP) is 3.14. The van der Waals surface area contributed by atoms with Gasteiger partial charge in [0.2, 0.25) is 0 Å². The van der Waals surface area contributed by atoms with E-state index < -0.39 is 11.7 Å². The Bertz CT molecular complexity index is 332. The SMILES string of the molecule is CC(C)(C)OC(=O)Nc1nc(Cl)cs1. The van der Waals surface area contributed by atoms with E-state index in [9.17, 15) is 4.79 Å². The number of hydrogen-bond donors (Lipinski definition) is 1. The van der Waals surface area contributed by atoms with Crippen LogP contribution in [0.15, 0.2) is 5.38 Å². The lowest BCUT2D eigenvalue weighted by Crippen LogP contribution is -2.27. The lowest BCUT2D eigenvalue weighted by Gasteiger charge is -2.18. The highest BCUT2D eigenvalue weighted by Gasteiger charge is 2.16. The van der Waals surface area contributed by atoms with Crippen LogP contribution in [0.5, 0.6) is 0 Å². The minimum absolute atomic E-state index is 0.362. The number of anilines is 1. The minimum Gasteiger partial charge on any atom is -0.444 e. The highest BCUT2D eigenvalue weighted by Crippen LogP contribution is 2.19. The Balaban J connectivity index is 2.50. The molecule has 0 aliphatic rings. The fourth-order valence-corrected chi connectivity index (χ4v) is 1.53. The number of nitrogens with one attached hydrogen (secondary N) is 1. The first-order chi connectivity index (χ1) is 6.37. The molecule has 0 atom stereocenters. The van der Waals surface area contributed by atoms with E-state index in [2.05, 4.69) is 10.3 Å². The van der Waals surface area contributed by atoms with Crippen molar-refractivity contribution >= 4 is 34.2 Å². The van der Waals surface area contributed by atoms with Gasteiger partial charge in [-0.1, -0.05) is 11.6 Å². The number of ether oxygens (including phenoxy) is 1. The molecule has 1 N–H and O–H groups in total. The van der Waals surface area contributed by atoms with Crippen molar-refractivity contribution in [1.29, 1.82) is 0 Å². The second-order valence-electron chi connectivity index (χ2n) is 3.60. The van der Waals surface area contributed by atoms with Gasteiger partial charge < -0.3 is 4.74 Å². The van der Waals surface area contributed by atoms with Crippen molar-refractivity contribution in [2.45, 2.75) is 26.4 Å². The maximum absolute atomic E-state index is 11.2. The fraction of sp³-hybridized carbons (Fsp3) is 0.500. The summed E-state index contributed by atoms with van der Waals surface area (Å²) in [5, 5.41) is 4.91. The molecule has 0 aliphatic heterocycles. The van der Waals surface area contributed by atoms with Crippen LogP contribution in [0.1, 0.15) is 20.8 Å². The maximum Gasteiger partial charge on any atom is 0.413 e. The van der Waals surface area contributed by atoms with E-state index in [-0.39, 0.29) is 0 Å². The number of nitrogens with zero attached hydrogens (tertiary/aromatic N) is 1. The Labute approximate surface area is 91.2 Å². The van der Waals surface area contributed by atoms with Crippen LogP contribution in [0.2, 0.25) is 5.15 Å². The van der Waals surface area contributed by atoms with Crippen LogP contribution in [-0.4, -0.2) is 16.7 Å². The van der Waals surface area contributed by atoms with Crippen molar-refractivity contribution in [2.75, 3.05) is 5.32 Å². The molecular formula is C8H11ClN2O2S. The molecule has 0 bridgehead atoms. The second-order valence-corrected chi connectivity index (χ2v) is 4.85. The standard InChI is InChI=1S/C8H11ClN2O2S/c1-8(2,3)13-7(12)11-6-10-5(9)4-14-6/h4H,1-3H3,(H,10,11,12). The number of aromatic nitrogens is 1. The van der Waals surface area contributed by atoms with E-state index in [0.29, 0.717) is 10.3 Å². The summed E-state index contributed by atoms with van der Waals surface area (Å²) >= 11 is 6.83. The number of thiazole rings is 1. The van der Waals surface area contributed by atoms with Gasteiger partial charge in [0.25, 0.3) is 0 Å². The smallest absolute Gasteiger partial charge is 0.413 e. The van der Waals surface area contributed by atoms with Crippen molar-refractivity contribution in [3.05, 3.63) is 10.5 Å². The van der Waals surface area contributed by atoms with Crippen molar-refractivity contribution in [2.24, 2.45) is 0 Å². The molecule has 0 radical (unpaired) electrons. The lowest BCUT2D eigenvalue weighted by molar-refractivity contribution is 0.0636. The summed E-state index contributed by atoms with van der Waals surface area (Å²) < 4.78 is 5.02. The molecule has 0 aromatic carbocycles. The molecule has 0 unspecified atom stereocenters.